The number of fused-ring (bicyclic) bond motifs is 3. The molecule has 0 saturated heterocycles. The molecule has 2 aromatic carbocycles. The van der Waals surface area contributed by atoms with Crippen molar-refractivity contribution in [2.24, 2.45) is 11.8 Å². The largest absolute Gasteiger partial charge is 0.355 e. The fourth-order valence-electron chi connectivity index (χ4n) is 3.20. The lowest BCUT2D eigenvalue weighted by molar-refractivity contribution is 0.491. The Bertz CT molecular complexity index is 769. The fraction of sp³-hybridized carbons (Fsp3) is 0.333. The van der Waals surface area contributed by atoms with Gasteiger partial charge in [-0.2, -0.15) is 0 Å². The Morgan fingerprint density at radius 2 is 1.80 bits per heavy atom. The highest BCUT2D eigenvalue weighted by molar-refractivity contribution is 6.21. The van der Waals surface area contributed by atoms with Gasteiger partial charge in [0.15, 0.2) is 0 Å². The number of nitrogens with one attached hydrogen (secondary N) is 1. The van der Waals surface area contributed by atoms with Crippen LogP contribution in [0.4, 0.5) is 0 Å². The Hall–Kier alpha value is -1.47. The molecule has 1 nitrogen and oxygen atoms in total. The van der Waals surface area contributed by atoms with E-state index in [1.807, 2.05) is 0 Å². The lowest BCUT2D eigenvalue weighted by atomic mass is 9.95. The summed E-state index contributed by atoms with van der Waals surface area (Å²) in [6, 6.07) is 15.1. The molecule has 1 aliphatic carbocycles. The number of aromatic amines is 1. The van der Waals surface area contributed by atoms with E-state index >= 15 is 0 Å². The molecule has 1 heterocycles. The van der Waals surface area contributed by atoms with Crippen molar-refractivity contribution >= 4 is 33.4 Å². The maximum Gasteiger partial charge on any atom is 0.0613 e. The molecular weight excluding hydrogens is 266 g/mol. The van der Waals surface area contributed by atoms with Crippen LogP contribution in [0.1, 0.15) is 30.7 Å². The van der Waals surface area contributed by atoms with Gasteiger partial charge in [-0.1, -0.05) is 31.2 Å². The van der Waals surface area contributed by atoms with Gasteiger partial charge in [-0.25, -0.2) is 0 Å². The van der Waals surface area contributed by atoms with Crippen LogP contribution in [-0.2, 0) is 0 Å². The van der Waals surface area contributed by atoms with Gasteiger partial charge in [-0.05, 0) is 48.4 Å². The van der Waals surface area contributed by atoms with Crippen molar-refractivity contribution < 1.29 is 0 Å². The molecule has 1 fully saturated rings. The van der Waals surface area contributed by atoms with Gasteiger partial charge in [0.1, 0.15) is 0 Å². The molecule has 1 aromatic heterocycles. The minimum Gasteiger partial charge on any atom is -0.355 e. The number of alkyl halides is 1. The molecule has 0 bridgehead atoms. The third-order valence-electron chi connectivity index (χ3n) is 4.68. The zero-order valence-corrected chi connectivity index (χ0v) is 12.3. The molecule has 4 rings (SSSR count). The van der Waals surface area contributed by atoms with Gasteiger partial charge in [0.05, 0.1) is 5.38 Å². The van der Waals surface area contributed by atoms with E-state index in [2.05, 4.69) is 54.4 Å². The van der Waals surface area contributed by atoms with E-state index < -0.39 is 0 Å². The van der Waals surface area contributed by atoms with Crippen LogP contribution < -0.4 is 0 Å². The van der Waals surface area contributed by atoms with Gasteiger partial charge in [0.2, 0.25) is 0 Å². The molecule has 1 saturated carbocycles. The van der Waals surface area contributed by atoms with Crippen molar-refractivity contribution in [2.75, 3.05) is 0 Å². The molecule has 102 valence electrons. The summed E-state index contributed by atoms with van der Waals surface area (Å²) >= 11 is 6.70. The van der Waals surface area contributed by atoms with Crippen LogP contribution in [0.25, 0.3) is 21.8 Å². The predicted molar refractivity (Wildman–Crippen MR) is 86.3 cm³/mol. The maximum absolute atomic E-state index is 6.70. The fourth-order valence-corrected chi connectivity index (χ4v) is 3.54. The van der Waals surface area contributed by atoms with Crippen molar-refractivity contribution in [1.29, 1.82) is 0 Å². The number of benzene rings is 2. The monoisotopic (exact) mass is 283 g/mol. The van der Waals surface area contributed by atoms with Crippen molar-refractivity contribution in [3.8, 4) is 0 Å². The lowest BCUT2D eigenvalue weighted by Gasteiger charge is -2.17. The van der Waals surface area contributed by atoms with E-state index in [1.165, 1.54) is 40.2 Å². The first-order valence-corrected chi connectivity index (χ1v) is 7.82. The van der Waals surface area contributed by atoms with Crippen molar-refractivity contribution in [2.45, 2.75) is 25.1 Å². The molecular formula is C18H18ClN. The minimum absolute atomic E-state index is 0.126. The van der Waals surface area contributed by atoms with Crippen LogP contribution in [0.2, 0.25) is 0 Å². The molecule has 3 aromatic rings. The molecule has 0 spiro atoms. The van der Waals surface area contributed by atoms with Crippen LogP contribution in [0, 0.1) is 11.8 Å². The molecule has 0 aliphatic heterocycles. The van der Waals surface area contributed by atoms with Gasteiger partial charge in [-0.15, -0.1) is 11.6 Å². The van der Waals surface area contributed by atoms with E-state index in [4.69, 9.17) is 11.6 Å². The number of halogens is 1. The summed E-state index contributed by atoms with van der Waals surface area (Å²) in [7, 11) is 0. The number of rotatable bonds is 3. The smallest absolute Gasteiger partial charge is 0.0613 e. The van der Waals surface area contributed by atoms with Crippen LogP contribution in [-0.4, -0.2) is 4.98 Å². The Morgan fingerprint density at radius 1 is 1.05 bits per heavy atom. The highest BCUT2D eigenvalue weighted by Crippen LogP contribution is 2.45. The summed E-state index contributed by atoms with van der Waals surface area (Å²) < 4.78 is 0. The van der Waals surface area contributed by atoms with Crippen molar-refractivity contribution in [1.82, 2.24) is 4.98 Å². The van der Waals surface area contributed by atoms with Gasteiger partial charge in [-0.3, -0.25) is 0 Å². The molecule has 0 amide bonds. The van der Waals surface area contributed by atoms with E-state index in [0.29, 0.717) is 5.92 Å². The number of H-pyrrole nitrogens is 1. The second kappa shape index (κ2) is 4.53. The Balaban J connectivity index is 1.82. The summed E-state index contributed by atoms with van der Waals surface area (Å²) in [6.07, 6.45) is 2.69. The number of aromatic nitrogens is 1. The first kappa shape index (κ1) is 12.3. The third kappa shape index (κ3) is 1.92. The van der Waals surface area contributed by atoms with Crippen LogP contribution in [0.3, 0.4) is 0 Å². The van der Waals surface area contributed by atoms with E-state index in [0.717, 1.165) is 5.92 Å². The highest BCUT2D eigenvalue weighted by atomic mass is 35.5. The van der Waals surface area contributed by atoms with Crippen LogP contribution in [0.5, 0.6) is 0 Å². The Labute approximate surface area is 123 Å². The van der Waals surface area contributed by atoms with Crippen molar-refractivity contribution in [3.63, 3.8) is 0 Å². The first-order valence-electron chi connectivity index (χ1n) is 7.38. The molecule has 1 N–H and O–H groups in total. The Morgan fingerprint density at radius 3 is 2.60 bits per heavy atom. The Kier molecular flexibility index (Phi) is 2.78. The van der Waals surface area contributed by atoms with Gasteiger partial charge in [0.25, 0.3) is 0 Å². The molecule has 0 radical (unpaired) electrons. The number of hydrogen-bond donors (Lipinski definition) is 1. The zero-order valence-electron chi connectivity index (χ0n) is 11.6. The predicted octanol–water partition coefficient (Wildman–Crippen LogP) is 5.65. The van der Waals surface area contributed by atoms with E-state index in [9.17, 15) is 0 Å². The van der Waals surface area contributed by atoms with Crippen LogP contribution >= 0.6 is 11.6 Å². The summed E-state index contributed by atoms with van der Waals surface area (Å²) in [6.45, 7) is 2.29. The normalized spacial score (nSPS) is 18.5. The topological polar surface area (TPSA) is 15.8 Å². The molecule has 2 heteroatoms. The quantitative estimate of drug-likeness (QED) is 0.598. The molecule has 1 aliphatic rings. The number of hydrogen-bond acceptors (Lipinski definition) is 0. The average molecular weight is 284 g/mol. The van der Waals surface area contributed by atoms with Crippen LogP contribution in [0.15, 0.2) is 42.5 Å². The molecule has 2 atom stereocenters. The van der Waals surface area contributed by atoms with Gasteiger partial charge in [0, 0.05) is 21.8 Å². The summed E-state index contributed by atoms with van der Waals surface area (Å²) in [5, 5.41) is 2.69. The lowest BCUT2D eigenvalue weighted by Crippen LogP contribution is -2.05. The van der Waals surface area contributed by atoms with E-state index in [-0.39, 0.29) is 5.38 Å². The minimum atomic E-state index is 0.126. The van der Waals surface area contributed by atoms with E-state index in [1.54, 1.807) is 0 Å². The summed E-state index contributed by atoms with van der Waals surface area (Å²) in [5.74, 6) is 1.40. The highest BCUT2D eigenvalue weighted by Gasteiger charge is 2.33. The third-order valence-corrected chi connectivity index (χ3v) is 5.33. The summed E-state index contributed by atoms with van der Waals surface area (Å²) in [4.78, 5) is 3.47. The van der Waals surface area contributed by atoms with Crippen molar-refractivity contribution in [3.05, 3.63) is 48.0 Å². The number of para-hydroxylation sites is 1. The van der Waals surface area contributed by atoms with Gasteiger partial charge >= 0.3 is 0 Å². The second-order valence-electron chi connectivity index (χ2n) is 6.07. The second-order valence-corrected chi connectivity index (χ2v) is 6.54. The average Bonchev–Trinajstić information content (AvgIpc) is 3.26. The summed E-state index contributed by atoms with van der Waals surface area (Å²) in [5.41, 5.74) is 3.64. The zero-order chi connectivity index (χ0) is 13.7. The maximum atomic E-state index is 6.70. The first-order chi connectivity index (χ1) is 9.74. The molecule has 2 unspecified atom stereocenters. The standard InChI is InChI=1S/C18H18ClN/c1-11(12-6-7-12)18(19)13-8-9-17-15(10-13)14-4-2-3-5-16(14)20-17/h2-5,8-12,18,20H,6-7H2,1H3. The SMILES string of the molecule is CC(C1CC1)C(Cl)c1ccc2[nH]c3ccccc3c2c1. The van der Waals surface area contributed by atoms with Gasteiger partial charge < -0.3 is 4.98 Å². The molecule has 20 heavy (non-hydrogen) atoms.